The second kappa shape index (κ2) is 4.47. The summed E-state index contributed by atoms with van der Waals surface area (Å²) in [6.45, 7) is 4.32. The predicted molar refractivity (Wildman–Crippen MR) is 57.4 cm³/mol. The van der Waals surface area contributed by atoms with E-state index in [0.29, 0.717) is 0 Å². The van der Waals surface area contributed by atoms with E-state index in [1.807, 2.05) is 12.2 Å². The highest BCUT2D eigenvalue weighted by Crippen LogP contribution is 2.34. The average Bonchev–Trinajstić information content (AvgIpc) is 2.29. The van der Waals surface area contributed by atoms with Crippen molar-refractivity contribution in [1.29, 1.82) is 0 Å². The lowest BCUT2D eigenvalue weighted by Gasteiger charge is -2.41. The molecule has 3 atom stereocenters. The molecule has 1 saturated heterocycles. The summed E-state index contributed by atoms with van der Waals surface area (Å²) < 4.78 is 11.5. The summed E-state index contributed by atoms with van der Waals surface area (Å²) in [5, 5.41) is 9.65. The van der Waals surface area contributed by atoms with Gasteiger partial charge in [0.1, 0.15) is 12.2 Å². The first-order chi connectivity index (χ1) is 7.26. The fourth-order valence-electron chi connectivity index (χ4n) is 2.12. The van der Waals surface area contributed by atoms with Crippen molar-refractivity contribution in [3.8, 4) is 0 Å². The molecule has 2 aliphatic heterocycles. The van der Waals surface area contributed by atoms with Gasteiger partial charge in [-0.3, -0.25) is 0 Å². The van der Waals surface area contributed by atoms with Gasteiger partial charge in [-0.15, -0.1) is 6.58 Å². The van der Waals surface area contributed by atoms with Gasteiger partial charge >= 0.3 is 0 Å². The van der Waals surface area contributed by atoms with Crippen molar-refractivity contribution in [2.24, 2.45) is 0 Å². The molecule has 0 saturated carbocycles. The molecule has 84 valence electrons. The zero-order valence-corrected chi connectivity index (χ0v) is 8.89. The summed E-state index contributed by atoms with van der Waals surface area (Å²) in [5.74, 6) is -0.484. The molecular formula is C12H18O3. The third kappa shape index (κ3) is 2.30. The maximum Gasteiger partial charge on any atom is 0.172 e. The minimum Gasteiger partial charge on any atom is -0.386 e. The zero-order chi connectivity index (χ0) is 10.7. The van der Waals surface area contributed by atoms with Gasteiger partial charge < -0.3 is 14.6 Å². The van der Waals surface area contributed by atoms with Crippen LogP contribution in [0.25, 0.3) is 0 Å². The topological polar surface area (TPSA) is 38.7 Å². The van der Waals surface area contributed by atoms with E-state index >= 15 is 0 Å². The highest BCUT2D eigenvalue weighted by molar-refractivity contribution is 5.05. The standard InChI is InChI=1S/C12H18O3/c1-2-10(13)11-6-5-8-12(15-11)7-3-4-9-14-12/h2,5-6,10-11,13H,1,3-4,7-9H2/t10-,11-,12-/m1/s1. The summed E-state index contributed by atoms with van der Waals surface area (Å²) >= 11 is 0. The Hall–Kier alpha value is -0.640. The molecule has 3 heteroatoms. The molecule has 1 fully saturated rings. The summed E-state index contributed by atoms with van der Waals surface area (Å²) in [4.78, 5) is 0. The van der Waals surface area contributed by atoms with Crippen LogP contribution in [0.5, 0.6) is 0 Å². The van der Waals surface area contributed by atoms with Crippen molar-refractivity contribution >= 4 is 0 Å². The molecule has 0 amide bonds. The zero-order valence-electron chi connectivity index (χ0n) is 8.89. The van der Waals surface area contributed by atoms with Crippen LogP contribution in [0, 0.1) is 0 Å². The Morgan fingerprint density at radius 3 is 3.07 bits per heavy atom. The number of aliphatic hydroxyl groups excluding tert-OH is 1. The van der Waals surface area contributed by atoms with Crippen LogP contribution in [0.3, 0.4) is 0 Å². The molecule has 1 N–H and O–H groups in total. The van der Waals surface area contributed by atoms with Gasteiger partial charge in [-0.2, -0.15) is 0 Å². The Balaban J connectivity index is 2.05. The Labute approximate surface area is 90.4 Å². The van der Waals surface area contributed by atoms with E-state index in [0.717, 1.165) is 32.3 Å². The molecule has 2 heterocycles. The van der Waals surface area contributed by atoms with Crippen LogP contribution < -0.4 is 0 Å². The number of rotatable bonds is 2. The fraction of sp³-hybridized carbons (Fsp3) is 0.667. The average molecular weight is 210 g/mol. The molecule has 0 aliphatic carbocycles. The third-order valence-corrected chi connectivity index (χ3v) is 3.00. The minimum atomic E-state index is -0.649. The van der Waals surface area contributed by atoms with Crippen LogP contribution in [-0.2, 0) is 9.47 Å². The first kappa shape index (κ1) is 10.9. The maximum absolute atomic E-state index is 9.65. The first-order valence-electron chi connectivity index (χ1n) is 5.55. The maximum atomic E-state index is 9.65. The van der Waals surface area contributed by atoms with Gasteiger partial charge in [0.25, 0.3) is 0 Å². The molecule has 0 unspecified atom stereocenters. The quantitative estimate of drug-likeness (QED) is 0.706. The normalized spacial score (nSPS) is 37.8. The lowest BCUT2D eigenvalue weighted by atomic mass is 9.98. The van der Waals surface area contributed by atoms with Crippen molar-refractivity contribution < 1.29 is 14.6 Å². The van der Waals surface area contributed by atoms with Gasteiger partial charge in [0.15, 0.2) is 5.79 Å². The number of ether oxygens (including phenoxy) is 2. The molecule has 1 spiro atoms. The minimum absolute atomic E-state index is 0.311. The first-order valence-corrected chi connectivity index (χ1v) is 5.55. The number of hydrogen-bond acceptors (Lipinski definition) is 3. The van der Waals surface area contributed by atoms with Crippen LogP contribution in [0.1, 0.15) is 25.7 Å². The van der Waals surface area contributed by atoms with E-state index in [1.165, 1.54) is 6.08 Å². The van der Waals surface area contributed by atoms with E-state index in [9.17, 15) is 5.11 Å². The lowest BCUT2D eigenvalue weighted by molar-refractivity contribution is -0.279. The smallest absolute Gasteiger partial charge is 0.172 e. The molecule has 15 heavy (non-hydrogen) atoms. The molecule has 0 aromatic heterocycles. The Bertz CT molecular complexity index is 254. The molecule has 0 aromatic rings. The molecule has 0 aromatic carbocycles. The van der Waals surface area contributed by atoms with Crippen LogP contribution in [0.4, 0.5) is 0 Å². The number of hydrogen-bond donors (Lipinski definition) is 1. The van der Waals surface area contributed by atoms with E-state index < -0.39 is 11.9 Å². The summed E-state index contributed by atoms with van der Waals surface area (Å²) in [6, 6.07) is 0. The highest BCUT2D eigenvalue weighted by atomic mass is 16.7. The van der Waals surface area contributed by atoms with Gasteiger partial charge in [0.2, 0.25) is 0 Å². The van der Waals surface area contributed by atoms with E-state index in [-0.39, 0.29) is 6.10 Å². The van der Waals surface area contributed by atoms with Crippen LogP contribution in [0.2, 0.25) is 0 Å². The van der Waals surface area contributed by atoms with Gasteiger partial charge in [-0.25, -0.2) is 0 Å². The largest absolute Gasteiger partial charge is 0.386 e. The predicted octanol–water partition coefficient (Wildman–Crippen LogP) is 1.78. The van der Waals surface area contributed by atoms with Crippen molar-refractivity contribution in [3.63, 3.8) is 0 Å². The molecule has 0 bridgehead atoms. The van der Waals surface area contributed by atoms with Crippen LogP contribution in [0.15, 0.2) is 24.8 Å². The molecule has 2 rings (SSSR count). The van der Waals surface area contributed by atoms with E-state index in [4.69, 9.17) is 9.47 Å². The number of aliphatic hydroxyl groups is 1. The SMILES string of the molecule is C=C[C@@H](O)[C@H]1C=CC[C@@]2(CCCCO2)O1. The van der Waals surface area contributed by atoms with Gasteiger partial charge in [-0.1, -0.05) is 18.2 Å². The molecule has 2 aliphatic rings. The van der Waals surface area contributed by atoms with Crippen molar-refractivity contribution in [2.45, 2.75) is 43.7 Å². The second-order valence-corrected chi connectivity index (χ2v) is 4.16. The van der Waals surface area contributed by atoms with Crippen molar-refractivity contribution in [2.75, 3.05) is 6.61 Å². The molecule has 3 nitrogen and oxygen atoms in total. The fourth-order valence-corrected chi connectivity index (χ4v) is 2.12. The van der Waals surface area contributed by atoms with Crippen LogP contribution in [-0.4, -0.2) is 29.7 Å². The molecule has 0 radical (unpaired) electrons. The van der Waals surface area contributed by atoms with Gasteiger partial charge in [-0.05, 0) is 12.8 Å². The summed E-state index contributed by atoms with van der Waals surface area (Å²) in [7, 11) is 0. The van der Waals surface area contributed by atoms with Crippen molar-refractivity contribution in [3.05, 3.63) is 24.8 Å². The second-order valence-electron chi connectivity index (χ2n) is 4.16. The lowest BCUT2D eigenvalue weighted by Crippen LogP contribution is -2.46. The van der Waals surface area contributed by atoms with Crippen LogP contribution >= 0.6 is 0 Å². The van der Waals surface area contributed by atoms with Gasteiger partial charge in [0.05, 0.1) is 6.61 Å². The molecular weight excluding hydrogens is 192 g/mol. The summed E-state index contributed by atoms with van der Waals surface area (Å²) in [6.07, 6.45) is 8.39. The van der Waals surface area contributed by atoms with Crippen molar-refractivity contribution in [1.82, 2.24) is 0 Å². The van der Waals surface area contributed by atoms with Gasteiger partial charge in [0, 0.05) is 12.8 Å². The van der Waals surface area contributed by atoms with E-state index in [2.05, 4.69) is 6.58 Å². The third-order valence-electron chi connectivity index (χ3n) is 3.00. The Kier molecular flexibility index (Phi) is 3.24. The Morgan fingerprint density at radius 2 is 2.40 bits per heavy atom. The Morgan fingerprint density at radius 1 is 1.53 bits per heavy atom. The van der Waals surface area contributed by atoms with E-state index in [1.54, 1.807) is 0 Å². The summed E-state index contributed by atoms with van der Waals surface area (Å²) in [5.41, 5.74) is 0. The highest BCUT2D eigenvalue weighted by Gasteiger charge is 2.38. The monoisotopic (exact) mass is 210 g/mol.